The maximum absolute atomic E-state index is 13.3. The summed E-state index contributed by atoms with van der Waals surface area (Å²) in [6.45, 7) is 0. The van der Waals surface area contributed by atoms with Crippen molar-refractivity contribution in [2.24, 2.45) is 0 Å². The van der Waals surface area contributed by atoms with E-state index in [4.69, 9.17) is 4.98 Å². The molecular formula is C25H30ClF2N5O. The molecule has 182 valence electrons. The molecule has 1 heterocycles. The van der Waals surface area contributed by atoms with Gasteiger partial charge in [-0.25, -0.2) is 13.8 Å². The van der Waals surface area contributed by atoms with E-state index in [1.54, 1.807) is 0 Å². The van der Waals surface area contributed by atoms with Crippen LogP contribution in [0.3, 0.4) is 0 Å². The van der Waals surface area contributed by atoms with Crippen molar-refractivity contribution in [1.82, 2.24) is 15.3 Å². The lowest BCUT2D eigenvalue weighted by molar-refractivity contribution is -0.122. The lowest BCUT2D eigenvalue weighted by atomic mass is 9.91. The first-order valence-corrected chi connectivity index (χ1v) is 11.3. The maximum Gasteiger partial charge on any atom is 0.225 e. The van der Waals surface area contributed by atoms with Crippen molar-refractivity contribution >= 4 is 41.0 Å². The van der Waals surface area contributed by atoms with E-state index in [1.165, 1.54) is 6.07 Å². The van der Waals surface area contributed by atoms with Gasteiger partial charge >= 0.3 is 0 Å². The summed E-state index contributed by atoms with van der Waals surface area (Å²) in [4.78, 5) is 23.7. The fourth-order valence-electron chi connectivity index (χ4n) is 4.28. The van der Waals surface area contributed by atoms with Crippen molar-refractivity contribution in [3.63, 3.8) is 0 Å². The van der Waals surface area contributed by atoms with Crippen molar-refractivity contribution in [3.8, 4) is 0 Å². The average molecular weight is 490 g/mol. The third-order valence-corrected chi connectivity index (χ3v) is 6.06. The number of nitrogens with zero attached hydrogens (tertiary/aromatic N) is 3. The van der Waals surface area contributed by atoms with Crippen LogP contribution in [-0.4, -0.2) is 42.1 Å². The first-order valence-electron chi connectivity index (χ1n) is 11.3. The summed E-state index contributed by atoms with van der Waals surface area (Å²) >= 11 is 0. The summed E-state index contributed by atoms with van der Waals surface area (Å²) in [5.74, 6) is -0.321. The highest BCUT2D eigenvalue weighted by atomic mass is 35.5. The van der Waals surface area contributed by atoms with Gasteiger partial charge in [0.1, 0.15) is 5.82 Å². The largest absolute Gasteiger partial charge is 0.362 e. The Morgan fingerprint density at radius 2 is 1.71 bits per heavy atom. The van der Waals surface area contributed by atoms with E-state index in [1.807, 2.05) is 43.3 Å². The standard InChI is InChI=1S/C25H29F2N5O.ClH/c1-32(2)24-19-5-3-4-6-22(19)30-25(31-24)29-18-11-9-17(10-12-18)28-23(33)14-8-16-7-13-20(26)21(27)15-16;/h3-7,13,15,17-18H,8-12,14H2,1-2H3,(H,28,33)(H,29,30,31);1H/t17-,18+;. The monoisotopic (exact) mass is 489 g/mol. The SMILES string of the molecule is CN(C)c1nc(N[C@H]2CC[C@@H](NC(=O)CCc3ccc(F)c(F)c3)CC2)nc2ccccc12.Cl. The Labute approximate surface area is 204 Å². The van der Waals surface area contributed by atoms with E-state index in [2.05, 4.69) is 15.6 Å². The summed E-state index contributed by atoms with van der Waals surface area (Å²) in [6, 6.07) is 12.1. The molecule has 1 aliphatic rings. The number of amides is 1. The Hall–Kier alpha value is -3.00. The molecule has 1 aromatic heterocycles. The summed E-state index contributed by atoms with van der Waals surface area (Å²) < 4.78 is 26.3. The van der Waals surface area contributed by atoms with Gasteiger partial charge in [-0.3, -0.25) is 4.79 Å². The molecule has 2 aromatic carbocycles. The molecule has 0 aliphatic heterocycles. The molecule has 0 radical (unpaired) electrons. The number of carbonyl (C=O) groups excluding carboxylic acids is 1. The number of fused-ring (bicyclic) bond motifs is 1. The Kier molecular flexibility index (Phi) is 8.61. The Balaban J connectivity index is 0.00000324. The van der Waals surface area contributed by atoms with Gasteiger partial charge < -0.3 is 15.5 Å². The highest BCUT2D eigenvalue weighted by Gasteiger charge is 2.23. The first-order chi connectivity index (χ1) is 15.9. The van der Waals surface area contributed by atoms with Crippen LogP contribution < -0.4 is 15.5 Å². The minimum atomic E-state index is -0.883. The summed E-state index contributed by atoms with van der Waals surface area (Å²) in [7, 11) is 3.94. The van der Waals surface area contributed by atoms with Gasteiger partial charge in [0.25, 0.3) is 0 Å². The predicted molar refractivity (Wildman–Crippen MR) is 134 cm³/mol. The van der Waals surface area contributed by atoms with Gasteiger partial charge in [-0.15, -0.1) is 12.4 Å². The second-order valence-electron chi connectivity index (χ2n) is 8.79. The van der Waals surface area contributed by atoms with Gasteiger partial charge in [-0.05, 0) is 61.9 Å². The Morgan fingerprint density at radius 3 is 2.41 bits per heavy atom. The van der Waals surface area contributed by atoms with Crippen LogP contribution in [0.4, 0.5) is 20.5 Å². The van der Waals surface area contributed by atoms with Gasteiger partial charge in [-0.2, -0.15) is 4.98 Å². The van der Waals surface area contributed by atoms with Crippen LogP contribution in [0.2, 0.25) is 0 Å². The van der Waals surface area contributed by atoms with Crippen molar-refractivity contribution in [1.29, 1.82) is 0 Å². The third-order valence-electron chi connectivity index (χ3n) is 6.06. The molecule has 9 heteroatoms. The number of aryl methyl sites for hydroxylation is 1. The van der Waals surface area contributed by atoms with E-state index < -0.39 is 11.6 Å². The van der Waals surface area contributed by atoms with Crippen molar-refractivity contribution in [2.45, 2.75) is 50.6 Å². The van der Waals surface area contributed by atoms with E-state index in [0.29, 0.717) is 17.9 Å². The second kappa shape index (κ2) is 11.4. The number of benzene rings is 2. The lowest BCUT2D eigenvalue weighted by Crippen LogP contribution is -2.40. The number of hydrogen-bond acceptors (Lipinski definition) is 5. The zero-order valence-corrected chi connectivity index (χ0v) is 20.2. The van der Waals surface area contributed by atoms with Crippen molar-refractivity contribution in [3.05, 3.63) is 59.7 Å². The average Bonchev–Trinajstić information content (AvgIpc) is 2.80. The third kappa shape index (κ3) is 6.32. The smallest absolute Gasteiger partial charge is 0.225 e. The number of nitrogens with one attached hydrogen (secondary N) is 2. The second-order valence-corrected chi connectivity index (χ2v) is 8.79. The molecule has 3 aromatic rings. The van der Waals surface area contributed by atoms with Gasteiger partial charge in [0.15, 0.2) is 11.6 Å². The molecule has 34 heavy (non-hydrogen) atoms. The van der Waals surface area contributed by atoms with Gasteiger partial charge in [0, 0.05) is 38.0 Å². The minimum Gasteiger partial charge on any atom is -0.362 e. The molecule has 0 saturated heterocycles. The Bertz CT molecular complexity index is 1140. The highest BCUT2D eigenvalue weighted by Crippen LogP contribution is 2.26. The van der Waals surface area contributed by atoms with Gasteiger partial charge in [0.05, 0.1) is 5.52 Å². The van der Waals surface area contributed by atoms with Crippen molar-refractivity contribution in [2.75, 3.05) is 24.3 Å². The topological polar surface area (TPSA) is 70.2 Å². The molecule has 0 bridgehead atoms. The van der Waals surface area contributed by atoms with Gasteiger partial charge in [0.2, 0.25) is 11.9 Å². The quantitative estimate of drug-likeness (QED) is 0.495. The molecular weight excluding hydrogens is 460 g/mol. The fraction of sp³-hybridized carbons (Fsp3) is 0.400. The number of aromatic nitrogens is 2. The molecule has 6 nitrogen and oxygen atoms in total. The van der Waals surface area contributed by atoms with E-state index in [-0.39, 0.29) is 36.8 Å². The normalized spacial score (nSPS) is 17.6. The highest BCUT2D eigenvalue weighted by molar-refractivity contribution is 5.90. The van der Waals surface area contributed by atoms with Crippen LogP contribution in [0.5, 0.6) is 0 Å². The number of halogens is 3. The van der Waals surface area contributed by atoms with Gasteiger partial charge in [-0.1, -0.05) is 18.2 Å². The molecule has 1 amide bonds. The minimum absolute atomic E-state index is 0. The molecule has 0 unspecified atom stereocenters. The van der Waals surface area contributed by atoms with Crippen molar-refractivity contribution < 1.29 is 13.6 Å². The molecule has 0 spiro atoms. The molecule has 1 fully saturated rings. The zero-order valence-electron chi connectivity index (χ0n) is 19.4. The number of hydrogen-bond donors (Lipinski definition) is 2. The number of anilines is 2. The molecule has 0 atom stereocenters. The fourth-order valence-corrected chi connectivity index (χ4v) is 4.28. The van der Waals surface area contributed by atoms with Crippen LogP contribution in [0.1, 0.15) is 37.7 Å². The number of carbonyl (C=O) groups is 1. The van der Waals surface area contributed by atoms with Crippen LogP contribution in [0.25, 0.3) is 10.9 Å². The molecule has 1 saturated carbocycles. The molecule has 4 rings (SSSR count). The Morgan fingerprint density at radius 1 is 1.00 bits per heavy atom. The van der Waals surface area contributed by atoms with E-state index in [0.717, 1.165) is 54.5 Å². The van der Waals surface area contributed by atoms with Crippen LogP contribution >= 0.6 is 12.4 Å². The van der Waals surface area contributed by atoms with E-state index in [9.17, 15) is 13.6 Å². The maximum atomic E-state index is 13.3. The summed E-state index contributed by atoms with van der Waals surface area (Å²) in [5, 5.41) is 7.56. The van der Waals surface area contributed by atoms with Crippen LogP contribution in [0, 0.1) is 11.6 Å². The predicted octanol–water partition coefficient (Wildman–Crippen LogP) is 4.87. The first kappa shape index (κ1) is 25.6. The lowest BCUT2D eigenvalue weighted by Gasteiger charge is -2.30. The molecule has 2 N–H and O–H groups in total. The van der Waals surface area contributed by atoms with Crippen LogP contribution in [0.15, 0.2) is 42.5 Å². The summed E-state index contributed by atoms with van der Waals surface area (Å²) in [5.41, 5.74) is 1.52. The van der Waals surface area contributed by atoms with Crippen LogP contribution in [-0.2, 0) is 11.2 Å². The molecule has 1 aliphatic carbocycles. The summed E-state index contributed by atoms with van der Waals surface area (Å²) in [6.07, 6.45) is 4.17. The van der Waals surface area contributed by atoms with E-state index >= 15 is 0 Å². The number of para-hydroxylation sites is 1. The zero-order chi connectivity index (χ0) is 23.4. The number of rotatable bonds is 7.